The van der Waals surface area contributed by atoms with Crippen LogP contribution in [0.1, 0.15) is 43.7 Å². The van der Waals surface area contributed by atoms with Gasteiger partial charge in [0, 0.05) is 24.9 Å². The summed E-state index contributed by atoms with van der Waals surface area (Å²) in [6.45, 7) is 4.44. The van der Waals surface area contributed by atoms with Gasteiger partial charge in [-0.05, 0) is 40.5 Å². The molecule has 7 heteroatoms. The highest BCUT2D eigenvalue weighted by atomic mass is 16.5. The van der Waals surface area contributed by atoms with Crippen LogP contribution in [0.25, 0.3) is 11.1 Å². The molecule has 0 bridgehead atoms. The lowest BCUT2D eigenvalue weighted by Gasteiger charge is -2.22. The van der Waals surface area contributed by atoms with E-state index < -0.39 is 12.1 Å². The van der Waals surface area contributed by atoms with Crippen LogP contribution >= 0.6 is 0 Å². The number of aliphatic carboxylic acids is 1. The Kier molecular flexibility index (Phi) is 6.67. The molecule has 0 radical (unpaired) electrons. The Morgan fingerprint density at radius 1 is 1.03 bits per heavy atom. The fraction of sp³-hybridized carbons (Fsp3) is 0.423. The highest BCUT2D eigenvalue weighted by Gasteiger charge is 2.43. The van der Waals surface area contributed by atoms with Gasteiger partial charge in [-0.25, -0.2) is 4.79 Å². The molecule has 2 amide bonds. The molecule has 4 rings (SSSR count). The molecule has 2 unspecified atom stereocenters. The van der Waals surface area contributed by atoms with E-state index in [-0.39, 0.29) is 48.6 Å². The summed E-state index contributed by atoms with van der Waals surface area (Å²) in [4.78, 5) is 35.8. The summed E-state index contributed by atoms with van der Waals surface area (Å²) in [5, 5.41) is 14.6. The molecule has 3 atom stereocenters. The first-order chi connectivity index (χ1) is 15.8. The summed E-state index contributed by atoms with van der Waals surface area (Å²) in [7, 11) is 0. The zero-order valence-electron chi connectivity index (χ0n) is 18.9. The normalized spacial score (nSPS) is 19.4. The number of nitrogens with one attached hydrogen (secondary N) is 2. The van der Waals surface area contributed by atoms with E-state index in [0.717, 1.165) is 11.1 Å². The van der Waals surface area contributed by atoms with Crippen molar-refractivity contribution in [1.82, 2.24) is 10.6 Å². The minimum Gasteiger partial charge on any atom is -0.481 e. The lowest BCUT2D eigenvalue weighted by atomic mass is 9.98. The molecule has 33 heavy (non-hydrogen) atoms. The van der Waals surface area contributed by atoms with Crippen molar-refractivity contribution >= 4 is 18.0 Å². The Bertz CT molecular complexity index is 1000. The number of fused-ring (bicyclic) bond motifs is 3. The van der Waals surface area contributed by atoms with Gasteiger partial charge >= 0.3 is 12.1 Å². The smallest absolute Gasteiger partial charge is 0.407 e. The van der Waals surface area contributed by atoms with Gasteiger partial charge in [-0.15, -0.1) is 0 Å². The van der Waals surface area contributed by atoms with E-state index in [1.807, 2.05) is 38.1 Å². The van der Waals surface area contributed by atoms with Crippen LogP contribution in [0.3, 0.4) is 0 Å². The number of rotatable bonds is 9. The van der Waals surface area contributed by atoms with E-state index in [4.69, 9.17) is 9.84 Å². The number of benzene rings is 2. The van der Waals surface area contributed by atoms with Gasteiger partial charge < -0.3 is 20.5 Å². The van der Waals surface area contributed by atoms with E-state index in [2.05, 4.69) is 34.9 Å². The summed E-state index contributed by atoms with van der Waals surface area (Å²) >= 11 is 0. The second-order valence-electron chi connectivity index (χ2n) is 9.27. The Labute approximate surface area is 193 Å². The van der Waals surface area contributed by atoms with Crippen LogP contribution in [0.5, 0.6) is 0 Å². The zero-order chi connectivity index (χ0) is 23.5. The van der Waals surface area contributed by atoms with Crippen LogP contribution in [-0.2, 0) is 14.3 Å². The number of carbonyl (C=O) groups is 3. The third-order valence-corrected chi connectivity index (χ3v) is 6.66. The van der Waals surface area contributed by atoms with E-state index in [1.165, 1.54) is 11.1 Å². The molecule has 0 aliphatic heterocycles. The van der Waals surface area contributed by atoms with Crippen LogP contribution in [0.4, 0.5) is 4.79 Å². The van der Waals surface area contributed by atoms with Gasteiger partial charge in [-0.2, -0.15) is 0 Å². The molecule has 0 heterocycles. The summed E-state index contributed by atoms with van der Waals surface area (Å²) in [6, 6.07) is 15.9. The van der Waals surface area contributed by atoms with Crippen molar-refractivity contribution in [2.75, 3.05) is 13.2 Å². The standard InChI is InChI=1S/C26H30N2O5/c1-15(2)23(12-24(29)27-13-16-11-21(16)25(30)31)28-26(32)33-14-22-19-9-5-3-7-17(19)18-8-4-6-10-20(18)22/h3-10,15-16,21-23H,11-14H2,1-2H3,(H,27,29)(H,28,32)(H,30,31)/t16?,21?,23-/m0/s1. The van der Waals surface area contributed by atoms with Crippen LogP contribution < -0.4 is 10.6 Å². The second-order valence-corrected chi connectivity index (χ2v) is 9.27. The van der Waals surface area contributed by atoms with E-state index in [0.29, 0.717) is 13.0 Å². The lowest BCUT2D eigenvalue weighted by Crippen LogP contribution is -2.43. The number of carboxylic acids is 1. The molecular formula is C26H30N2O5. The number of carboxylic acid groups (broad SMARTS) is 1. The molecule has 0 aromatic heterocycles. The van der Waals surface area contributed by atoms with E-state index in [1.54, 1.807) is 0 Å². The number of carbonyl (C=O) groups excluding carboxylic acids is 2. The number of ether oxygens (including phenoxy) is 1. The SMILES string of the molecule is CC(C)[C@H](CC(=O)NCC1CC1C(=O)O)NC(=O)OCC1c2ccccc2-c2ccccc21. The molecule has 7 nitrogen and oxygen atoms in total. The van der Waals surface area contributed by atoms with E-state index >= 15 is 0 Å². The van der Waals surface area contributed by atoms with Gasteiger partial charge in [0.05, 0.1) is 5.92 Å². The maximum atomic E-state index is 12.6. The minimum absolute atomic E-state index is 0.000888. The summed E-state index contributed by atoms with van der Waals surface area (Å²) in [5.41, 5.74) is 4.62. The minimum atomic E-state index is -0.814. The summed E-state index contributed by atoms with van der Waals surface area (Å²) < 4.78 is 5.60. The lowest BCUT2D eigenvalue weighted by molar-refractivity contribution is -0.139. The maximum absolute atomic E-state index is 12.6. The first kappa shape index (κ1) is 22.8. The highest BCUT2D eigenvalue weighted by Crippen LogP contribution is 2.44. The third kappa shape index (κ3) is 5.18. The fourth-order valence-corrected chi connectivity index (χ4v) is 4.54. The monoisotopic (exact) mass is 450 g/mol. The Morgan fingerprint density at radius 2 is 1.64 bits per heavy atom. The predicted molar refractivity (Wildman–Crippen MR) is 124 cm³/mol. The third-order valence-electron chi connectivity index (χ3n) is 6.66. The van der Waals surface area contributed by atoms with Gasteiger partial charge in [0.2, 0.25) is 5.91 Å². The van der Waals surface area contributed by atoms with Crippen LogP contribution in [0.2, 0.25) is 0 Å². The molecule has 0 spiro atoms. The van der Waals surface area contributed by atoms with Crippen molar-refractivity contribution in [3.8, 4) is 11.1 Å². The summed E-state index contributed by atoms with van der Waals surface area (Å²) in [5.74, 6) is -1.37. The van der Waals surface area contributed by atoms with Crippen molar-refractivity contribution in [2.45, 2.75) is 38.6 Å². The van der Waals surface area contributed by atoms with Gasteiger partial charge in [0.1, 0.15) is 6.61 Å². The van der Waals surface area contributed by atoms with E-state index in [9.17, 15) is 14.4 Å². The average Bonchev–Trinajstić information content (AvgIpc) is 3.51. The van der Waals surface area contributed by atoms with Crippen molar-refractivity contribution in [1.29, 1.82) is 0 Å². The largest absolute Gasteiger partial charge is 0.481 e. The van der Waals surface area contributed by atoms with Gasteiger partial charge in [0.15, 0.2) is 0 Å². The number of amides is 2. The van der Waals surface area contributed by atoms with Crippen molar-refractivity contribution in [2.24, 2.45) is 17.8 Å². The molecule has 174 valence electrons. The van der Waals surface area contributed by atoms with Gasteiger partial charge in [-0.3, -0.25) is 9.59 Å². The Balaban J connectivity index is 1.30. The Morgan fingerprint density at radius 3 is 2.18 bits per heavy atom. The molecule has 3 N–H and O–H groups in total. The molecule has 0 saturated heterocycles. The van der Waals surface area contributed by atoms with Crippen LogP contribution in [-0.4, -0.2) is 42.3 Å². The summed E-state index contributed by atoms with van der Waals surface area (Å²) in [6.07, 6.45) is 0.171. The average molecular weight is 451 g/mol. The maximum Gasteiger partial charge on any atom is 0.407 e. The first-order valence-corrected chi connectivity index (χ1v) is 11.5. The molecule has 1 fully saturated rings. The molecule has 2 aliphatic rings. The number of hydrogen-bond acceptors (Lipinski definition) is 4. The van der Waals surface area contributed by atoms with Gasteiger partial charge in [-0.1, -0.05) is 62.4 Å². The second kappa shape index (κ2) is 9.65. The quantitative estimate of drug-likeness (QED) is 0.539. The van der Waals surface area contributed by atoms with Crippen molar-refractivity contribution < 1.29 is 24.2 Å². The van der Waals surface area contributed by atoms with Gasteiger partial charge in [0.25, 0.3) is 0 Å². The topological polar surface area (TPSA) is 105 Å². The predicted octanol–water partition coefficient (Wildman–Crippen LogP) is 3.78. The molecule has 2 aromatic rings. The fourth-order valence-electron chi connectivity index (χ4n) is 4.54. The molecule has 1 saturated carbocycles. The molecule has 2 aliphatic carbocycles. The Hall–Kier alpha value is -3.35. The molecular weight excluding hydrogens is 420 g/mol. The van der Waals surface area contributed by atoms with Crippen molar-refractivity contribution in [3.05, 3.63) is 59.7 Å². The zero-order valence-corrected chi connectivity index (χ0v) is 18.9. The molecule has 2 aromatic carbocycles. The first-order valence-electron chi connectivity index (χ1n) is 11.5. The highest BCUT2D eigenvalue weighted by molar-refractivity contribution is 5.80. The van der Waals surface area contributed by atoms with Crippen LogP contribution in [0, 0.1) is 17.8 Å². The van der Waals surface area contributed by atoms with Crippen molar-refractivity contribution in [3.63, 3.8) is 0 Å². The van der Waals surface area contributed by atoms with Crippen LogP contribution in [0.15, 0.2) is 48.5 Å². The number of alkyl carbamates (subject to hydrolysis) is 1. The number of hydrogen-bond donors (Lipinski definition) is 3.